The average molecular weight is 255 g/mol. The first-order valence-corrected chi connectivity index (χ1v) is 7.22. The normalized spacial score (nSPS) is 20.5. The molecule has 0 amide bonds. The van der Waals surface area contributed by atoms with E-state index in [2.05, 4.69) is 5.32 Å². The van der Waals surface area contributed by atoms with Crippen LogP contribution in [-0.2, 0) is 6.42 Å². The highest BCUT2D eigenvalue weighted by atomic mass is 32.2. The Balaban J connectivity index is 2.15. The van der Waals surface area contributed by atoms with Crippen LogP contribution in [0.25, 0.3) is 0 Å². The van der Waals surface area contributed by atoms with Gasteiger partial charge in [-0.25, -0.2) is 4.39 Å². The quantitative estimate of drug-likeness (QED) is 0.815. The first-order chi connectivity index (χ1) is 8.22. The second-order valence-electron chi connectivity index (χ2n) is 4.44. The van der Waals surface area contributed by atoms with Crippen LogP contribution >= 0.6 is 11.8 Å². The Kier molecular flexibility index (Phi) is 4.29. The zero-order chi connectivity index (χ0) is 12.3. The molecule has 2 nitrogen and oxygen atoms in total. The average Bonchev–Trinajstić information content (AvgIpc) is 2.35. The minimum Gasteiger partial charge on any atom is -0.507 e. The molecule has 1 atom stereocenters. The minimum atomic E-state index is -0.259. The Bertz CT molecular complexity index is 391. The standard InChI is InChI=1S/C13H18FNOS/c1-17-13-11(16)6-5-9(12(13)14)8-10-4-2-3-7-15-10/h5-6,10,15-16H,2-4,7-8H2,1H3. The highest BCUT2D eigenvalue weighted by Gasteiger charge is 2.18. The van der Waals surface area contributed by atoms with Gasteiger partial charge in [-0.3, -0.25) is 0 Å². The van der Waals surface area contributed by atoms with Gasteiger partial charge in [0.15, 0.2) is 0 Å². The van der Waals surface area contributed by atoms with Gasteiger partial charge < -0.3 is 10.4 Å². The van der Waals surface area contributed by atoms with Gasteiger partial charge in [0.05, 0.1) is 4.90 Å². The van der Waals surface area contributed by atoms with Gasteiger partial charge in [0, 0.05) is 6.04 Å². The van der Waals surface area contributed by atoms with Crippen molar-refractivity contribution in [1.82, 2.24) is 5.32 Å². The molecule has 0 bridgehead atoms. The van der Waals surface area contributed by atoms with Crippen molar-refractivity contribution in [3.8, 4) is 5.75 Å². The van der Waals surface area contributed by atoms with Crippen LogP contribution in [0, 0.1) is 5.82 Å². The van der Waals surface area contributed by atoms with Crippen molar-refractivity contribution in [2.75, 3.05) is 12.8 Å². The van der Waals surface area contributed by atoms with Crippen LogP contribution in [0.3, 0.4) is 0 Å². The molecule has 1 saturated heterocycles. The zero-order valence-electron chi connectivity index (χ0n) is 10.0. The van der Waals surface area contributed by atoms with Gasteiger partial charge in [-0.2, -0.15) is 0 Å². The van der Waals surface area contributed by atoms with E-state index in [1.165, 1.54) is 24.6 Å². The fourth-order valence-electron chi connectivity index (χ4n) is 2.30. The molecule has 1 aromatic rings. The van der Waals surface area contributed by atoms with E-state index in [0.717, 1.165) is 13.0 Å². The maximum atomic E-state index is 14.1. The zero-order valence-corrected chi connectivity index (χ0v) is 10.8. The molecule has 2 N–H and O–H groups in total. The third-order valence-electron chi connectivity index (χ3n) is 3.24. The Labute approximate surface area is 106 Å². The summed E-state index contributed by atoms with van der Waals surface area (Å²) in [7, 11) is 0. The Morgan fingerprint density at radius 3 is 2.94 bits per heavy atom. The van der Waals surface area contributed by atoms with Gasteiger partial charge >= 0.3 is 0 Å². The van der Waals surface area contributed by atoms with E-state index in [-0.39, 0.29) is 11.6 Å². The monoisotopic (exact) mass is 255 g/mol. The molecule has 2 rings (SSSR count). The number of piperidine rings is 1. The number of phenolic OH excluding ortho intramolecular Hbond substituents is 1. The van der Waals surface area contributed by atoms with Crippen molar-refractivity contribution in [3.05, 3.63) is 23.5 Å². The molecule has 0 radical (unpaired) electrons. The Morgan fingerprint density at radius 1 is 1.47 bits per heavy atom. The number of phenols is 1. The topological polar surface area (TPSA) is 32.3 Å². The van der Waals surface area contributed by atoms with Crippen LogP contribution < -0.4 is 5.32 Å². The molecule has 0 aromatic heterocycles. The van der Waals surface area contributed by atoms with Gasteiger partial charge in [-0.05, 0) is 43.7 Å². The van der Waals surface area contributed by atoms with Gasteiger partial charge in [0.25, 0.3) is 0 Å². The van der Waals surface area contributed by atoms with E-state index < -0.39 is 0 Å². The number of nitrogens with one attached hydrogen (secondary N) is 1. The third-order valence-corrected chi connectivity index (χ3v) is 4.04. The summed E-state index contributed by atoms with van der Waals surface area (Å²) in [5, 5.41) is 13.0. The van der Waals surface area contributed by atoms with Crippen molar-refractivity contribution in [3.63, 3.8) is 0 Å². The molecular formula is C13H18FNOS. The first kappa shape index (κ1) is 12.7. The SMILES string of the molecule is CSc1c(O)ccc(CC2CCCCN2)c1F. The van der Waals surface area contributed by atoms with Crippen LogP contribution in [0.1, 0.15) is 24.8 Å². The van der Waals surface area contributed by atoms with Crippen LogP contribution in [0.4, 0.5) is 4.39 Å². The number of thioether (sulfide) groups is 1. The molecule has 17 heavy (non-hydrogen) atoms. The number of aromatic hydroxyl groups is 1. The van der Waals surface area contributed by atoms with Gasteiger partial charge in [-0.15, -0.1) is 11.8 Å². The minimum absolute atomic E-state index is 0.0374. The van der Waals surface area contributed by atoms with Gasteiger partial charge in [-0.1, -0.05) is 12.5 Å². The molecule has 0 spiro atoms. The summed E-state index contributed by atoms with van der Waals surface area (Å²) in [4.78, 5) is 0.360. The summed E-state index contributed by atoms with van der Waals surface area (Å²) in [5.41, 5.74) is 0.701. The molecule has 1 unspecified atom stereocenters. The summed E-state index contributed by atoms with van der Waals surface area (Å²) in [6.07, 6.45) is 6.02. The van der Waals surface area contributed by atoms with E-state index in [0.29, 0.717) is 22.9 Å². The van der Waals surface area contributed by atoms with Crippen molar-refractivity contribution in [2.24, 2.45) is 0 Å². The van der Waals surface area contributed by atoms with E-state index in [9.17, 15) is 9.50 Å². The lowest BCUT2D eigenvalue weighted by molar-refractivity contribution is 0.392. The van der Waals surface area contributed by atoms with Crippen molar-refractivity contribution in [1.29, 1.82) is 0 Å². The number of rotatable bonds is 3. The summed E-state index contributed by atoms with van der Waals surface area (Å²) in [6, 6.07) is 3.66. The van der Waals surface area contributed by atoms with Crippen molar-refractivity contribution >= 4 is 11.8 Å². The van der Waals surface area contributed by atoms with Crippen LogP contribution in [0.2, 0.25) is 0 Å². The molecule has 0 aliphatic carbocycles. The summed E-state index contributed by atoms with van der Waals surface area (Å²) >= 11 is 1.25. The van der Waals surface area contributed by atoms with Crippen LogP contribution in [0.5, 0.6) is 5.75 Å². The lowest BCUT2D eigenvalue weighted by atomic mass is 9.97. The highest BCUT2D eigenvalue weighted by Crippen LogP contribution is 2.32. The molecular weight excluding hydrogens is 237 g/mol. The number of hydrogen-bond donors (Lipinski definition) is 2. The second kappa shape index (κ2) is 5.74. The van der Waals surface area contributed by atoms with E-state index in [1.807, 2.05) is 0 Å². The third kappa shape index (κ3) is 2.93. The summed E-state index contributed by atoms with van der Waals surface area (Å²) in [5.74, 6) is -0.222. The summed E-state index contributed by atoms with van der Waals surface area (Å²) in [6.45, 7) is 1.03. The summed E-state index contributed by atoms with van der Waals surface area (Å²) < 4.78 is 14.1. The van der Waals surface area contributed by atoms with E-state index >= 15 is 0 Å². The lowest BCUT2D eigenvalue weighted by Gasteiger charge is -2.24. The molecule has 0 saturated carbocycles. The van der Waals surface area contributed by atoms with E-state index in [4.69, 9.17) is 0 Å². The second-order valence-corrected chi connectivity index (χ2v) is 5.26. The molecule has 94 valence electrons. The number of hydrogen-bond acceptors (Lipinski definition) is 3. The van der Waals surface area contributed by atoms with Crippen LogP contribution in [-0.4, -0.2) is 23.9 Å². The Morgan fingerprint density at radius 2 is 2.29 bits per heavy atom. The molecule has 1 aliphatic rings. The molecule has 1 fully saturated rings. The maximum Gasteiger partial charge on any atom is 0.143 e. The largest absolute Gasteiger partial charge is 0.507 e. The fraction of sp³-hybridized carbons (Fsp3) is 0.538. The molecule has 4 heteroatoms. The molecule has 1 aliphatic heterocycles. The first-order valence-electron chi connectivity index (χ1n) is 6.00. The van der Waals surface area contributed by atoms with E-state index in [1.54, 1.807) is 18.4 Å². The predicted molar refractivity (Wildman–Crippen MR) is 69.2 cm³/mol. The smallest absolute Gasteiger partial charge is 0.143 e. The number of benzene rings is 1. The maximum absolute atomic E-state index is 14.1. The fourth-order valence-corrected chi connectivity index (χ4v) is 2.89. The number of halogens is 1. The van der Waals surface area contributed by atoms with Gasteiger partial charge in [0.2, 0.25) is 0 Å². The molecule has 1 aromatic carbocycles. The van der Waals surface area contributed by atoms with Gasteiger partial charge in [0.1, 0.15) is 11.6 Å². The predicted octanol–water partition coefficient (Wildman–Crippen LogP) is 2.94. The lowest BCUT2D eigenvalue weighted by Crippen LogP contribution is -2.35. The van der Waals surface area contributed by atoms with Crippen molar-refractivity contribution in [2.45, 2.75) is 36.6 Å². The molecule has 1 heterocycles. The van der Waals surface area contributed by atoms with Crippen molar-refractivity contribution < 1.29 is 9.50 Å². The van der Waals surface area contributed by atoms with Crippen LogP contribution in [0.15, 0.2) is 17.0 Å². The Hall–Kier alpha value is -0.740. The highest BCUT2D eigenvalue weighted by molar-refractivity contribution is 7.98.